The van der Waals surface area contributed by atoms with Crippen LogP contribution in [0.2, 0.25) is 5.02 Å². The summed E-state index contributed by atoms with van der Waals surface area (Å²) in [5.74, 6) is -0.378. The average Bonchev–Trinajstić information content (AvgIpc) is 3.21. The Morgan fingerprint density at radius 3 is 2.79 bits per heavy atom. The number of nitrogens with zero attached hydrogens (tertiary/aromatic N) is 2. The number of amides is 1. The fraction of sp³-hybridized carbons (Fsp3) is 0.118. The number of hydrogen-bond donors (Lipinski definition) is 2. The molecule has 7 heteroatoms. The van der Waals surface area contributed by atoms with E-state index in [4.69, 9.17) is 11.6 Å². The van der Waals surface area contributed by atoms with Gasteiger partial charge in [-0.2, -0.15) is 10.2 Å². The van der Waals surface area contributed by atoms with Gasteiger partial charge in [-0.15, -0.1) is 11.3 Å². The predicted molar refractivity (Wildman–Crippen MR) is 97.8 cm³/mol. The molecule has 24 heavy (non-hydrogen) atoms. The monoisotopic (exact) mass is 358 g/mol. The van der Waals surface area contributed by atoms with E-state index in [1.807, 2.05) is 37.3 Å². The summed E-state index contributed by atoms with van der Waals surface area (Å²) in [4.78, 5) is 14.4. The van der Waals surface area contributed by atoms with E-state index in [9.17, 15) is 4.79 Å². The van der Waals surface area contributed by atoms with Crippen LogP contribution >= 0.6 is 22.9 Å². The van der Waals surface area contributed by atoms with Crippen molar-refractivity contribution in [2.45, 2.75) is 13.8 Å². The molecule has 1 amide bonds. The molecule has 0 saturated carbocycles. The highest BCUT2D eigenvalue weighted by molar-refractivity contribution is 7.15. The molecule has 0 radical (unpaired) electrons. The Morgan fingerprint density at radius 2 is 2.08 bits per heavy atom. The molecule has 0 saturated heterocycles. The number of halogens is 1. The summed E-state index contributed by atoms with van der Waals surface area (Å²) in [6, 6.07) is 13.1. The predicted octanol–water partition coefficient (Wildman–Crippen LogP) is 4.25. The number of hydrogen-bond acceptors (Lipinski definition) is 4. The first-order chi connectivity index (χ1) is 11.5. The summed E-state index contributed by atoms with van der Waals surface area (Å²) in [6.45, 7) is 3.82. The molecule has 0 atom stereocenters. The van der Waals surface area contributed by atoms with Gasteiger partial charge in [0, 0.05) is 15.5 Å². The van der Waals surface area contributed by atoms with Crippen molar-refractivity contribution in [3.63, 3.8) is 0 Å². The molecule has 0 unspecified atom stereocenters. The zero-order valence-electron chi connectivity index (χ0n) is 13.1. The van der Waals surface area contributed by atoms with Crippen LogP contribution in [0.15, 0.2) is 47.6 Å². The van der Waals surface area contributed by atoms with Crippen LogP contribution < -0.4 is 5.43 Å². The molecule has 0 fully saturated rings. The fourth-order valence-corrected chi connectivity index (χ4v) is 3.26. The van der Waals surface area contributed by atoms with Crippen molar-refractivity contribution >= 4 is 34.6 Å². The molecular formula is C17H15ClN4OS. The van der Waals surface area contributed by atoms with Crippen molar-refractivity contribution < 1.29 is 4.79 Å². The second-order valence-corrected chi connectivity index (χ2v) is 6.89. The topological polar surface area (TPSA) is 70.1 Å². The summed E-state index contributed by atoms with van der Waals surface area (Å²) in [5.41, 5.74) is 5.00. The van der Waals surface area contributed by atoms with E-state index >= 15 is 0 Å². The van der Waals surface area contributed by atoms with Crippen LogP contribution in [-0.4, -0.2) is 21.8 Å². The molecule has 2 aromatic heterocycles. The Bertz CT molecular complexity index is 913. The highest BCUT2D eigenvalue weighted by atomic mass is 35.5. The Hall–Kier alpha value is -2.44. The molecule has 0 aliphatic carbocycles. The smallest absolute Gasteiger partial charge is 0.276 e. The Labute approximate surface area is 148 Å². The molecule has 0 aliphatic heterocycles. The van der Waals surface area contributed by atoms with E-state index < -0.39 is 0 Å². The number of nitrogens with one attached hydrogen (secondary N) is 2. The number of aromatic amines is 1. The first kappa shape index (κ1) is 16.4. The SMILES string of the molecule is C/C(=N\NC(=O)c1cc(-c2ccc(C)s2)[nH]n1)c1ccccc1Cl. The summed E-state index contributed by atoms with van der Waals surface area (Å²) >= 11 is 7.75. The van der Waals surface area contributed by atoms with E-state index in [0.717, 1.165) is 16.1 Å². The molecule has 2 N–H and O–H groups in total. The van der Waals surface area contributed by atoms with Gasteiger partial charge in [-0.3, -0.25) is 9.89 Å². The summed E-state index contributed by atoms with van der Waals surface area (Å²) in [7, 11) is 0. The molecule has 0 aliphatic rings. The summed E-state index contributed by atoms with van der Waals surface area (Å²) < 4.78 is 0. The van der Waals surface area contributed by atoms with Gasteiger partial charge in [0.05, 0.1) is 16.3 Å². The number of aromatic nitrogens is 2. The van der Waals surface area contributed by atoms with Gasteiger partial charge in [-0.25, -0.2) is 5.43 Å². The molecule has 0 bridgehead atoms. The zero-order valence-corrected chi connectivity index (χ0v) is 14.7. The highest BCUT2D eigenvalue weighted by Crippen LogP contribution is 2.26. The number of hydrazone groups is 1. The number of H-pyrrole nitrogens is 1. The molecule has 3 rings (SSSR count). The Morgan fingerprint density at radius 1 is 1.29 bits per heavy atom. The number of carbonyl (C=O) groups is 1. The average molecular weight is 359 g/mol. The number of benzene rings is 1. The van der Waals surface area contributed by atoms with Gasteiger partial charge in [-0.05, 0) is 38.1 Å². The third-order valence-electron chi connectivity index (χ3n) is 3.41. The normalized spacial score (nSPS) is 11.5. The fourth-order valence-electron chi connectivity index (χ4n) is 2.15. The van der Waals surface area contributed by atoms with Crippen molar-refractivity contribution in [3.05, 3.63) is 63.6 Å². The van der Waals surface area contributed by atoms with Crippen molar-refractivity contribution in [2.75, 3.05) is 0 Å². The van der Waals surface area contributed by atoms with Crippen LogP contribution in [0.1, 0.15) is 27.9 Å². The number of carbonyl (C=O) groups excluding carboxylic acids is 1. The Kier molecular flexibility index (Phi) is 4.78. The van der Waals surface area contributed by atoms with Crippen LogP contribution in [0.5, 0.6) is 0 Å². The maximum absolute atomic E-state index is 12.2. The van der Waals surface area contributed by atoms with Crippen molar-refractivity contribution in [2.24, 2.45) is 5.10 Å². The first-order valence-electron chi connectivity index (χ1n) is 7.26. The van der Waals surface area contributed by atoms with Crippen LogP contribution in [0.3, 0.4) is 0 Å². The molecule has 5 nitrogen and oxygen atoms in total. The Balaban J connectivity index is 1.73. The minimum absolute atomic E-state index is 0.284. The van der Waals surface area contributed by atoms with E-state index in [2.05, 4.69) is 20.7 Å². The maximum atomic E-state index is 12.2. The lowest BCUT2D eigenvalue weighted by Gasteiger charge is -2.03. The molecule has 0 spiro atoms. The van der Waals surface area contributed by atoms with E-state index in [0.29, 0.717) is 10.7 Å². The van der Waals surface area contributed by atoms with Crippen molar-refractivity contribution in [3.8, 4) is 10.6 Å². The van der Waals surface area contributed by atoms with Crippen molar-refractivity contribution in [1.82, 2.24) is 15.6 Å². The number of rotatable bonds is 4. The first-order valence-corrected chi connectivity index (χ1v) is 8.46. The summed E-state index contributed by atoms with van der Waals surface area (Å²) in [5, 5.41) is 11.6. The quantitative estimate of drug-likeness (QED) is 0.540. The molecule has 2 heterocycles. The van der Waals surface area contributed by atoms with Crippen molar-refractivity contribution in [1.29, 1.82) is 0 Å². The van der Waals surface area contributed by atoms with Crippen LogP contribution in [0, 0.1) is 6.92 Å². The minimum atomic E-state index is -0.378. The second-order valence-electron chi connectivity index (χ2n) is 5.20. The van der Waals surface area contributed by atoms with Crippen LogP contribution in [0.4, 0.5) is 0 Å². The third-order valence-corrected chi connectivity index (χ3v) is 4.77. The maximum Gasteiger partial charge on any atom is 0.291 e. The minimum Gasteiger partial charge on any atom is -0.276 e. The standard InChI is InChI=1S/C17H15ClN4OS/c1-10-7-8-16(24-10)14-9-15(21-20-14)17(23)22-19-11(2)12-5-3-4-6-13(12)18/h3-9H,1-2H3,(H,20,21)(H,22,23)/b19-11+. The number of aryl methyl sites for hydroxylation is 1. The van der Waals surface area contributed by atoms with Gasteiger partial charge in [0.15, 0.2) is 5.69 Å². The van der Waals surface area contributed by atoms with E-state index in [1.54, 1.807) is 30.4 Å². The van der Waals surface area contributed by atoms with E-state index in [1.165, 1.54) is 4.88 Å². The van der Waals surface area contributed by atoms with Gasteiger partial charge in [0.1, 0.15) is 0 Å². The van der Waals surface area contributed by atoms with Gasteiger partial charge in [-0.1, -0.05) is 29.8 Å². The third kappa shape index (κ3) is 3.55. The highest BCUT2D eigenvalue weighted by Gasteiger charge is 2.12. The second kappa shape index (κ2) is 6.98. The summed E-state index contributed by atoms with van der Waals surface area (Å²) in [6.07, 6.45) is 0. The number of thiophene rings is 1. The van der Waals surface area contributed by atoms with Gasteiger partial charge in [0.2, 0.25) is 0 Å². The largest absolute Gasteiger partial charge is 0.291 e. The molecular weight excluding hydrogens is 344 g/mol. The zero-order chi connectivity index (χ0) is 17.1. The van der Waals surface area contributed by atoms with Gasteiger partial charge >= 0.3 is 0 Å². The van der Waals surface area contributed by atoms with Crippen LogP contribution in [0.25, 0.3) is 10.6 Å². The lowest BCUT2D eigenvalue weighted by Crippen LogP contribution is -2.19. The van der Waals surface area contributed by atoms with Gasteiger partial charge in [0.25, 0.3) is 5.91 Å². The van der Waals surface area contributed by atoms with E-state index in [-0.39, 0.29) is 11.6 Å². The van der Waals surface area contributed by atoms with Crippen LogP contribution in [-0.2, 0) is 0 Å². The molecule has 122 valence electrons. The molecule has 1 aromatic carbocycles. The molecule has 3 aromatic rings. The van der Waals surface area contributed by atoms with Gasteiger partial charge < -0.3 is 0 Å². The lowest BCUT2D eigenvalue weighted by atomic mass is 10.1. The lowest BCUT2D eigenvalue weighted by molar-refractivity contribution is 0.0950.